The molecule has 2 unspecified atom stereocenters. The number of hydrogen-bond acceptors (Lipinski definition) is 6. The zero-order valence-corrected chi connectivity index (χ0v) is 28.1. The Morgan fingerprint density at radius 1 is 0.659 bits per heavy atom. The van der Waals surface area contributed by atoms with E-state index in [-0.39, 0.29) is 30.6 Å². The standard InChI is InChI=1S/C38H54O6/c1-8-12-16-27(10-3)23-41-34(39)25-43-36-30-18-14-15-19-31(30)37(33-22-29(38(5,6)7)20-21-32(33)36)44-26-35(40)42-24-28(11-4)17-13-9-2/h14-15,18-22,27-28H,8-13,16-17,23-26H2,1-7H3. The van der Waals surface area contributed by atoms with Gasteiger partial charge in [-0.25, -0.2) is 9.59 Å². The number of carbonyl (C=O) groups is 2. The number of hydrogen-bond donors (Lipinski definition) is 0. The second-order valence-corrected chi connectivity index (χ2v) is 13.0. The third kappa shape index (κ3) is 9.87. The lowest BCUT2D eigenvalue weighted by Crippen LogP contribution is -2.20. The lowest BCUT2D eigenvalue weighted by Gasteiger charge is -2.22. The molecule has 3 rings (SSSR count). The molecule has 0 aliphatic heterocycles. The second kappa shape index (κ2) is 17.3. The van der Waals surface area contributed by atoms with Crippen LogP contribution in [0.25, 0.3) is 21.5 Å². The van der Waals surface area contributed by atoms with Crippen LogP contribution in [0.4, 0.5) is 0 Å². The maximum atomic E-state index is 12.8. The van der Waals surface area contributed by atoms with Crippen LogP contribution in [0.2, 0.25) is 0 Å². The molecule has 44 heavy (non-hydrogen) atoms. The van der Waals surface area contributed by atoms with Gasteiger partial charge in [0.1, 0.15) is 11.5 Å². The van der Waals surface area contributed by atoms with E-state index in [1.165, 1.54) is 0 Å². The summed E-state index contributed by atoms with van der Waals surface area (Å²) in [5.41, 5.74) is 1.01. The average molecular weight is 607 g/mol. The molecular formula is C38H54O6. The summed E-state index contributed by atoms with van der Waals surface area (Å²) in [5, 5.41) is 3.25. The monoisotopic (exact) mass is 606 g/mol. The molecule has 0 spiro atoms. The van der Waals surface area contributed by atoms with E-state index in [1.54, 1.807) is 0 Å². The summed E-state index contributed by atoms with van der Waals surface area (Å²) >= 11 is 0. The summed E-state index contributed by atoms with van der Waals surface area (Å²) in [5.74, 6) is 1.18. The highest BCUT2D eigenvalue weighted by Gasteiger charge is 2.22. The predicted molar refractivity (Wildman–Crippen MR) is 180 cm³/mol. The summed E-state index contributed by atoms with van der Waals surface area (Å²) in [6.07, 6.45) is 8.58. The molecule has 0 aromatic heterocycles. The van der Waals surface area contributed by atoms with Gasteiger partial charge in [-0.1, -0.05) is 123 Å². The van der Waals surface area contributed by atoms with Gasteiger partial charge in [-0.2, -0.15) is 0 Å². The molecule has 0 fully saturated rings. The van der Waals surface area contributed by atoms with Crippen LogP contribution in [0.3, 0.4) is 0 Å². The fraction of sp³-hybridized carbons (Fsp3) is 0.579. The molecule has 0 bridgehead atoms. The highest BCUT2D eigenvalue weighted by atomic mass is 16.6. The highest BCUT2D eigenvalue weighted by molar-refractivity contribution is 6.11. The molecule has 0 aliphatic rings. The van der Waals surface area contributed by atoms with E-state index in [4.69, 9.17) is 18.9 Å². The molecule has 3 aromatic carbocycles. The number of carbonyl (C=O) groups excluding carboxylic acids is 2. The van der Waals surface area contributed by atoms with Gasteiger partial charge in [0.2, 0.25) is 0 Å². The molecule has 6 heteroatoms. The molecular weight excluding hydrogens is 552 g/mol. The number of rotatable bonds is 18. The van der Waals surface area contributed by atoms with Gasteiger partial charge in [-0.15, -0.1) is 0 Å². The van der Waals surface area contributed by atoms with Gasteiger partial charge in [0.25, 0.3) is 0 Å². The summed E-state index contributed by atoms with van der Waals surface area (Å²) in [6, 6.07) is 14.0. The predicted octanol–water partition coefficient (Wildman–Crippen LogP) is 9.57. The molecule has 0 N–H and O–H groups in total. The molecule has 6 nitrogen and oxygen atoms in total. The average Bonchev–Trinajstić information content (AvgIpc) is 3.02. The van der Waals surface area contributed by atoms with E-state index in [1.807, 2.05) is 30.3 Å². The van der Waals surface area contributed by atoms with Crippen LogP contribution in [-0.4, -0.2) is 38.4 Å². The van der Waals surface area contributed by atoms with Crippen LogP contribution in [0, 0.1) is 11.8 Å². The van der Waals surface area contributed by atoms with Crippen molar-refractivity contribution in [1.29, 1.82) is 0 Å². The molecule has 242 valence electrons. The van der Waals surface area contributed by atoms with Gasteiger partial charge < -0.3 is 18.9 Å². The summed E-state index contributed by atoms with van der Waals surface area (Å²) < 4.78 is 23.8. The first-order valence-corrected chi connectivity index (χ1v) is 16.7. The minimum absolute atomic E-state index is 0.109. The largest absolute Gasteiger partial charge is 0.481 e. The van der Waals surface area contributed by atoms with Crippen LogP contribution in [0.15, 0.2) is 42.5 Å². The van der Waals surface area contributed by atoms with Gasteiger partial charge in [0.15, 0.2) is 13.2 Å². The van der Waals surface area contributed by atoms with E-state index in [0.29, 0.717) is 36.5 Å². The summed E-state index contributed by atoms with van der Waals surface area (Å²) in [4.78, 5) is 25.6. The Morgan fingerprint density at radius 3 is 1.55 bits per heavy atom. The minimum Gasteiger partial charge on any atom is -0.481 e. The fourth-order valence-electron chi connectivity index (χ4n) is 5.44. The molecule has 0 heterocycles. The van der Waals surface area contributed by atoms with Gasteiger partial charge in [0.05, 0.1) is 13.2 Å². The Bertz CT molecular complexity index is 1350. The number of ether oxygens (including phenoxy) is 4. The lowest BCUT2D eigenvalue weighted by molar-refractivity contribution is -0.148. The first-order chi connectivity index (χ1) is 21.1. The highest BCUT2D eigenvalue weighted by Crippen LogP contribution is 2.44. The zero-order chi connectivity index (χ0) is 32.1. The zero-order valence-electron chi connectivity index (χ0n) is 28.1. The van der Waals surface area contributed by atoms with Crippen molar-refractivity contribution in [3.05, 3.63) is 48.0 Å². The van der Waals surface area contributed by atoms with Gasteiger partial charge in [-0.05, 0) is 41.7 Å². The van der Waals surface area contributed by atoms with Crippen LogP contribution in [-0.2, 0) is 24.5 Å². The molecule has 0 amide bonds. The van der Waals surface area contributed by atoms with Crippen molar-refractivity contribution in [2.45, 2.75) is 105 Å². The minimum atomic E-state index is -0.379. The van der Waals surface area contributed by atoms with Crippen molar-refractivity contribution in [2.24, 2.45) is 11.8 Å². The maximum Gasteiger partial charge on any atom is 0.344 e. The number of esters is 2. The number of fused-ring (bicyclic) bond motifs is 2. The van der Waals surface area contributed by atoms with Crippen LogP contribution in [0.1, 0.15) is 105 Å². The normalized spacial score (nSPS) is 13.1. The molecule has 0 saturated carbocycles. The van der Waals surface area contributed by atoms with E-state index >= 15 is 0 Å². The molecule has 0 saturated heterocycles. The van der Waals surface area contributed by atoms with E-state index in [0.717, 1.165) is 78.5 Å². The van der Waals surface area contributed by atoms with Gasteiger partial charge in [-0.3, -0.25) is 0 Å². The van der Waals surface area contributed by atoms with Crippen molar-refractivity contribution in [2.75, 3.05) is 26.4 Å². The lowest BCUT2D eigenvalue weighted by atomic mass is 9.85. The second-order valence-electron chi connectivity index (χ2n) is 13.0. The van der Waals surface area contributed by atoms with Crippen LogP contribution < -0.4 is 9.47 Å². The summed E-state index contributed by atoms with van der Waals surface area (Å²) in [7, 11) is 0. The first kappa shape index (κ1) is 35.2. The molecule has 2 atom stereocenters. The SMILES string of the molecule is CCCCC(CC)COC(=O)COc1c2ccccc2c(OCC(=O)OCC(CC)CCCC)c2cc(C(C)(C)C)ccc12. The van der Waals surface area contributed by atoms with Crippen LogP contribution in [0.5, 0.6) is 11.5 Å². The maximum absolute atomic E-state index is 12.8. The van der Waals surface area contributed by atoms with Gasteiger partial charge >= 0.3 is 11.9 Å². The molecule has 3 aromatic rings. The Balaban J connectivity index is 1.89. The Morgan fingerprint density at radius 2 is 1.11 bits per heavy atom. The van der Waals surface area contributed by atoms with Crippen molar-refractivity contribution in [3.63, 3.8) is 0 Å². The quantitative estimate of drug-likeness (QED) is 0.106. The first-order valence-electron chi connectivity index (χ1n) is 16.7. The van der Waals surface area contributed by atoms with Gasteiger partial charge in [0, 0.05) is 21.5 Å². The molecule has 0 aliphatic carbocycles. The third-order valence-electron chi connectivity index (χ3n) is 8.51. The third-order valence-corrected chi connectivity index (χ3v) is 8.51. The van der Waals surface area contributed by atoms with Crippen LogP contribution >= 0.6 is 0 Å². The van der Waals surface area contributed by atoms with Crippen molar-refractivity contribution in [1.82, 2.24) is 0 Å². The Hall–Kier alpha value is -3.28. The Labute approximate surface area is 264 Å². The Kier molecular flexibility index (Phi) is 13.8. The smallest absolute Gasteiger partial charge is 0.344 e. The number of benzene rings is 3. The fourth-order valence-corrected chi connectivity index (χ4v) is 5.44. The van der Waals surface area contributed by atoms with Crippen molar-refractivity contribution in [3.8, 4) is 11.5 Å². The van der Waals surface area contributed by atoms with Crippen molar-refractivity contribution >= 4 is 33.5 Å². The van der Waals surface area contributed by atoms with E-state index in [9.17, 15) is 9.59 Å². The van der Waals surface area contributed by atoms with E-state index < -0.39 is 0 Å². The van der Waals surface area contributed by atoms with E-state index in [2.05, 4.69) is 60.6 Å². The number of unbranched alkanes of at least 4 members (excludes halogenated alkanes) is 2. The summed E-state index contributed by atoms with van der Waals surface area (Å²) in [6.45, 7) is 15.5. The van der Waals surface area contributed by atoms with Crippen molar-refractivity contribution < 1.29 is 28.5 Å². The molecule has 0 radical (unpaired) electrons. The topological polar surface area (TPSA) is 71.1 Å².